The first-order chi connectivity index (χ1) is 13.1. The first-order valence-electron chi connectivity index (χ1n) is 9.46. The van der Waals surface area contributed by atoms with Gasteiger partial charge in [0.25, 0.3) is 0 Å². The monoisotopic (exact) mass is 369 g/mol. The highest BCUT2D eigenvalue weighted by molar-refractivity contribution is 5.96. The number of halogens is 1. The highest BCUT2D eigenvalue weighted by atomic mass is 19.1. The molecule has 1 saturated carbocycles. The van der Waals surface area contributed by atoms with Gasteiger partial charge in [0.05, 0.1) is 0 Å². The zero-order valence-electron chi connectivity index (χ0n) is 15.5. The molecule has 27 heavy (non-hydrogen) atoms. The van der Waals surface area contributed by atoms with Crippen LogP contribution in [-0.4, -0.2) is 15.4 Å². The van der Waals surface area contributed by atoms with Gasteiger partial charge in [-0.3, -0.25) is 9.36 Å². The molecule has 2 aromatic rings. The van der Waals surface area contributed by atoms with E-state index in [0.29, 0.717) is 35.3 Å². The molecule has 1 aliphatic carbocycles. The lowest BCUT2D eigenvalue weighted by Gasteiger charge is -2.14. The van der Waals surface area contributed by atoms with E-state index in [2.05, 4.69) is 15.3 Å². The summed E-state index contributed by atoms with van der Waals surface area (Å²) in [4.78, 5) is 21.3. The van der Waals surface area contributed by atoms with E-state index in [0.717, 1.165) is 25.1 Å². The van der Waals surface area contributed by atoms with Gasteiger partial charge in [0.1, 0.15) is 17.4 Å². The quantitative estimate of drug-likeness (QED) is 0.786. The summed E-state index contributed by atoms with van der Waals surface area (Å²) in [7, 11) is 0. The number of ether oxygens (including phenoxy) is 1. The molecule has 1 aliphatic heterocycles. The fourth-order valence-electron chi connectivity index (χ4n) is 3.63. The number of rotatable bonds is 5. The number of aryl methyl sites for hydroxylation is 1. The van der Waals surface area contributed by atoms with Crippen molar-refractivity contribution >= 4 is 17.3 Å². The predicted molar refractivity (Wildman–Crippen MR) is 101 cm³/mol. The van der Waals surface area contributed by atoms with Crippen molar-refractivity contribution in [1.29, 1.82) is 0 Å². The molecule has 4 rings (SSSR count). The van der Waals surface area contributed by atoms with Crippen LogP contribution in [-0.2, 0) is 6.54 Å². The molecule has 1 aromatic heterocycles. The maximum absolute atomic E-state index is 13.5. The molecule has 7 heteroatoms. The maximum Gasteiger partial charge on any atom is 0.307 e. The van der Waals surface area contributed by atoms with Crippen molar-refractivity contribution in [2.45, 2.75) is 52.5 Å². The van der Waals surface area contributed by atoms with E-state index >= 15 is 0 Å². The van der Waals surface area contributed by atoms with Crippen molar-refractivity contribution in [3.8, 4) is 11.8 Å². The van der Waals surface area contributed by atoms with Gasteiger partial charge in [-0.1, -0.05) is 19.8 Å². The number of benzene rings is 1. The molecule has 0 spiro atoms. The highest BCUT2D eigenvalue weighted by Crippen LogP contribution is 2.36. The SMILES string of the molecule is CCCn1c(Oc2ccc(F)c(C)c2)nc(=O)c2c1N=C(C1CCCC1)[N]2. The van der Waals surface area contributed by atoms with Crippen LogP contribution in [0.25, 0.3) is 0 Å². The first-order valence-corrected chi connectivity index (χ1v) is 9.46. The molecule has 0 N–H and O–H groups in total. The van der Waals surface area contributed by atoms with Gasteiger partial charge >= 0.3 is 11.6 Å². The summed E-state index contributed by atoms with van der Waals surface area (Å²) in [5.74, 6) is 1.70. The average molecular weight is 369 g/mol. The molecule has 141 valence electrons. The Hall–Kier alpha value is -2.70. The summed E-state index contributed by atoms with van der Waals surface area (Å²) < 4.78 is 21.1. The minimum absolute atomic E-state index is 0.165. The molecule has 1 aromatic carbocycles. The fraction of sp³-hybridized carbons (Fsp3) is 0.450. The van der Waals surface area contributed by atoms with Crippen molar-refractivity contribution in [2.24, 2.45) is 10.9 Å². The van der Waals surface area contributed by atoms with Crippen molar-refractivity contribution in [3.05, 3.63) is 39.9 Å². The maximum atomic E-state index is 13.5. The average Bonchev–Trinajstić information content (AvgIpc) is 3.31. The van der Waals surface area contributed by atoms with E-state index in [9.17, 15) is 9.18 Å². The Morgan fingerprint density at radius 1 is 1.30 bits per heavy atom. The lowest BCUT2D eigenvalue weighted by Crippen LogP contribution is -2.21. The number of amidine groups is 1. The topological polar surface area (TPSA) is 70.6 Å². The summed E-state index contributed by atoms with van der Waals surface area (Å²) in [6.45, 7) is 4.29. The van der Waals surface area contributed by atoms with Crippen LogP contribution in [0.4, 0.5) is 15.9 Å². The third-order valence-corrected chi connectivity index (χ3v) is 5.05. The largest absolute Gasteiger partial charge is 0.425 e. The van der Waals surface area contributed by atoms with Gasteiger partial charge in [-0.05, 0) is 49.9 Å². The molecule has 0 atom stereocenters. The Labute approximate surface area is 157 Å². The van der Waals surface area contributed by atoms with E-state index < -0.39 is 5.56 Å². The van der Waals surface area contributed by atoms with E-state index in [1.165, 1.54) is 25.0 Å². The molecule has 0 unspecified atom stereocenters. The van der Waals surface area contributed by atoms with Crippen LogP contribution in [0, 0.1) is 18.7 Å². The number of aliphatic imine (C=N–C) groups is 1. The minimum Gasteiger partial charge on any atom is -0.425 e. The van der Waals surface area contributed by atoms with Crippen LogP contribution >= 0.6 is 0 Å². The van der Waals surface area contributed by atoms with Crippen molar-refractivity contribution in [3.63, 3.8) is 0 Å². The molecule has 2 aliphatic rings. The number of hydrogen-bond donors (Lipinski definition) is 0. The standard InChI is InChI=1S/C20H22FN4O2/c1-3-10-25-18-16(22-17(23-18)13-6-4-5-7-13)19(26)24-20(25)27-14-8-9-15(21)12(2)11-14/h8-9,11,13H,3-7,10H2,1-2H3. The van der Waals surface area contributed by atoms with Crippen molar-refractivity contribution in [2.75, 3.05) is 0 Å². The smallest absolute Gasteiger partial charge is 0.307 e. The lowest BCUT2D eigenvalue weighted by molar-refractivity contribution is 0.399. The number of aromatic nitrogens is 2. The normalized spacial score (nSPS) is 16.2. The van der Waals surface area contributed by atoms with Crippen LogP contribution < -0.4 is 15.6 Å². The third-order valence-electron chi connectivity index (χ3n) is 5.05. The molecule has 0 bridgehead atoms. The lowest BCUT2D eigenvalue weighted by atomic mass is 10.1. The number of fused-ring (bicyclic) bond motifs is 1. The van der Waals surface area contributed by atoms with E-state index in [1.807, 2.05) is 6.92 Å². The Morgan fingerprint density at radius 2 is 2.07 bits per heavy atom. The van der Waals surface area contributed by atoms with E-state index in [4.69, 9.17) is 4.74 Å². The van der Waals surface area contributed by atoms with E-state index in [-0.39, 0.29) is 11.8 Å². The van der Waals surface area contributed by atoms with Gasteiger partial charge in [-0.25, -0.2) is 14.7 Å². The van der Waals surface area contributed by atoms with Gasteiger partial charge in [0, 0.05) is 12.5 Å². The molecule has 6 nitrogen and oxygen atoms in total. The van der Waals surface area contributed by atoms with E-state index in [1.54, 1.807) is 17.6 Å². The second-order valence-electron chi connectivity index (χ2n) is 7.10. The number of hydrogen-bond acceptors (Lipinski definition) is 4. The van der Waals surface area contributed by atoms with Gasteiger partial charge in [0.15, 0.2) is 11.5 Å². The van der Waals surface area contributed by atoms with Crippen LogP contribution in [0.2, 0.25) is 0 Å². The zero-order valence-corrected chi connectivity index (χ0v) is 15.5. The van der Waals surface area contributed by atoms with Crippen LogP contribution in [0.3, 0.4) is 0 Å². The van der Waals surface area contributed by atoms with Crippen LogP contribution in [0.15, 0.2) is 28.0 Å². The highest BCUT2D eigenvalue weighted by Gasteiger charge is 2.31. The molecular formula is C20H22FN4O2. The summed E-state index contributed by atoms with van der Waals surface area (Å²) in [6, 6.07) is 4.61. The second-order valence-corrected chi connectivity index (χ2v) is 7.10. The minimum atomic E-state index is -0.442. The van der Waals surface area contributed by atoms with Gasteiger partial charge in [-0.2, -0.15) is 4.98 Å². The molecule has 0 saturated heterocycles. The Balaban J connectivity index is 1.74. The summed E-state index contributed by atoms with van der Waals surface area (Å²) in [5, 5.41) is 4.50. The van der Waals surface area contributed by atoms with Crippen LogP contribution in [0.1, 0.15) is 44.6 Å². The zero-order chi connectivity index (χ0) is 19.0. The van der Waals surface area contributed by atoms with Crippen LogP contribution in [0.5, 0.6) is 11.8 Å². The van der Waals surface area contributed by atoms with Gasteiger partial charge in [0.2, 0.25) is 0 Å². The molecule has 1 fully saturated rings. The molecule has 0 amide bonds. The Kier molecular flexibility index (Phi) is 4.68. The predicted octanol–water partition coefficient (Wildman–Crippen LogP) is 4.36. The Bertz CT molecular complexity index is 961. The Morgan fingerprint density at radius 3 is 2.78 bits per heavy atom. The van der Waals surface area contributed by atoms with Crippen molar-refractivity contribution < 1.29 is 9.13 Å². The summed E-state index contributed by atoms with van der Waals surface area (Å²) in [5.41, 5.74) is 0.325. The summed E-state index contributed by atoms with van der Waals surface area (Å²) >= 11 is 0. The summed E-state index contributed by atoms with van der Waals surface area (Å²) in [6.07, 6.45) is 5.29. The van der Waals surface area contributed by atoms with Gasteiger partial charge in [-0.15, -0.1) is 0 Å². The third kappa shape index (κ3) is 3.34. The molecule has 2 heterocycles. The number of nitrogens with zero attached hydrogens (tertiary/aromatic N) is 4. The van der Waals surface area contributed by atoms with Crippen molar-refractivity contribution in [1.82, 2.24) is 14.9 Å². The molecule has 1 radical (unpaired) electrons. The second kappa shape index (κ2) is 7.13. The molecular weight excluding hydrogens is 347 g/mol. The fourth-order valence-corrected chi connectivity index (χ4v) is 3.63. The van der Waals surface area contributed by atoms with Gasteiger partial charge < -0.3 is 4.74 Å². The first kappa shape index (κ1) is 17.7.